The Kier molecular flexibility index (Phi) is 8.20. The van der Waals surface area contributed by atoms with E-state index in [1.165, 1.54) is 56.2 Å². The van der Waals surface area contributed by atoms with Gasteiger partial charge in [-0.1, -0.05) is 56.0 Å². The van der Waals surface area contributed by atoms with E-state index in [1.54, 1.807) is 6.07 Å². The van der Waals surface area contributed by atoms with Crippen molar-refractivity contribution >= 4 is 0 Å². The molecule has 0 aliphatic heterocycles. The molecule has 0 aromatic heterocycles. The molecule has 2 aromatic carbocycles. The Labute approximate surface area is 179 Å². The van der Waals surface area contributed by atoms with Gasteiger partial charge in [-0.15, -0.1) is 6.58 Å². The lowest BCUT2D eigenvalue weighted by atomic mass is 9.78. The highest BCUT2D eigenvalue weighted by Crippen LogP contribution is 2.34. The summed E-state index contributed by atoms with van der Waals surface area (Å²) in [6.45, 7) is 3.83. The quantitative estimate of drug-likeness (QED) is 0.399. The van der Waals surface area contributed by atoms with Gasteiger partial charge in [0.1, 0.15) is 23.3 Å². The third-order valence-electron chi connectivity index (χ3n) is 6.53. The van der Waals surface area contributed by atoms with Crippen molar-refractivity contribution in [3.05, 3.63) is 82.9 Å². The van der Waals surface area contributed by atoms with Crippen LogP contribution in [0.5, 0.6) is 0 Å². The van der Waals surface area contributed by atoms with Gasteiger partial charge in [0.25, 0.3) is 0 Å². The lowest BCUT2D eigenvalue weighted by Crippen LogP contribution is -2.15. The summed E-state index contributed by atoms with van der Waals surface area (Å²) in [7, 11) is 0. The molecule has 0 amide bonds. The maximum Gasteiger partial charge on any atom is 0.144 e. The number of nitrogens with zero attached hydrogens (tertiary/aromatic N) is 1. The van der Waals surface area contributed by atoms with Crippen LogP contribution in [-0.4, -0.2) is 0 Å². The van der Waals surface area contributed by atoms with Gasteiger partial charge in [-0.2, -0.15) is 5.26 Å². The van der Waals surface area contributed by atoms with E-state index >= 15 is 0 Å². The Balaban J connectivity index is 1.43. The highest BCUT2D eigenvalue weighted by Gasteiger charge is 2.20. The monoisotopic (exact) mass is 407 g/mol. The van der Waals surface area contributed by atoms with Crippen molar-refractivity contribution in [2.45, 2.75) is 64.2 Å². The molecular formula is C27H31F2N. The van der Waals surface area contributed by atoms with Crippen LogP contribution in [0, 0.1) is 34.8 Å². The number of benzene rings is 2. The molecule has 0 saturated heterocycles. The molecule has 0 bridgehead atoms. The molecule has 0 unspecified atom stereocenters. The largest absolute Gasteiger partial charge is 0.205 e. The molecule has 0 heterocycles. The van der Waals surface area contributed by atoms with Crippen LogP contribution in [-0.2, 0) is 19.3 Å². The summed E-state index contributed by atoms with van der Waals surface area (Å²) >= 11 is 0. The summed E-state index contributed by atoms with van der Waals surface area (Å²) in [5.41, 5.74) is 2.60. The second kappa shape index (κ2) is 11.1. The van der Waals surface area contributed by atoms with Crippen molar-refractivity contribution in [2.75, 3.05) is 0 Å². The van der Waals surface area contributed by atoms with E-state index in [2.05, 4.69) is 30.8 Å². The first-order chi connectivity index (χ1) is 14.6. The van der Waals surface area contributed by atoms with Gasteiger partial charge < -0.3 is 0 Å². The molecule has 0 N–H and O–H groups in total. The molecule has 30 heavy (non-hydrogen) atoms. The predicted molar refractivity (Wildman–Crippen MR) is 118 cm³/mol. The van der Waals surface area contributed by atoms with Gasteiger partial charge >= 0.3 is 0 Å². The van der Waals surface area contributed by atoms with Crippen molar-refractivity contribution in [1.82, 2.24) is 0 Å². The molecule has 1 saturated carbocycles. The first kappa shape index (κ1) is 22.2. The molecule has 3 rings (SSSR count). The average Bonchev–Trinajstić information content (AvgIpc) is 2.76. The molecule has 158 valence electrons. The second-order valence-electron chi connectivity index (χ2n) is 8.65. The number of allylic oxidation sites excluding steroid dienone is 1. The van der Waals surface area contributed by atoms with Crippen LogP contribution in [0.2, 0.25) is 0 Å². The zero-order valence-electron chi connectivity index (χ0n) is 17.7. The minimum atomic E-state index is -0.780. The Morgan fingerprint density at radius 1 is 0.833 bits per heavy atom. The Morgan fingerprint density at radius 2 is 1.33 bits per heavy atom. The van der Waals surface area contributed by atoms with Crippen LogP contribution in [0.25, 0.3) is 0 Å². The minimum Gasteiger partial charge on any atom is -0.205 e. The Hall–Kier alpha value is -2.47. The van der Waals surface area contributed by atoms with E-state index in [0.717, 1.165) is 36.7 Å². The van der Waals surface area contributed by atoms with E-state index in [1.807, 2.05) is 6.08 Å². The van der Waals surface area contributed by atoms with E-state index in [-0.39, 0.29) is 0 Å². The van der Waals surface area contributed by atoms with Gasteiger partial charge in [-0.25, -0.2) is 8.78 Å². The molecule has 1 aliphatic rings. The normalized spacial score (nSPS) is 18.7. The van der Waals surface area contributed by atoms with Crippen molar-refractivity contribution in [1.29, 1.82) is 5.26 Å². The molecule has 0 radical (unpaired) electrons. The lowest BCUT2D eigenvalue weighted by Gasteiger charge is -2.28. The average molecular weight is 408 g/mol. The molecular weight excluding hydrogens is 376 g/mol. The lowest BCUT2D eigenvalue weighted by molar-refractivity contribution is 0.254. The fourth-order valence-corrected chi connectivity index (χ4v) is 4.57. The Morgan fingerprint density at radius 3 is 1.87 bits per heavy atom. The third kappa shape index (κ3) is 6.26. The van der Waals surface area contributed by atoms with E-state index < -0.39 is 17.2 Å². The predicted octanol–water partition coefficient (Wildman–Crippen LogP) is 7.33. The van der Waals surface area contributed by atoms with E-state index in [0.29, 0.717) is 12.0 Å². The maximum atomic E-state index is 13.7. The molecule has 0 atom stereocenters. The molecule has 1 aliphatic carbocycles. The summed E-state index contributed by atoms with van der Waals surface area (Å²) in [4.78, 5) is 0. The highest BCUT2D eigenvalue weighted by molar-refractivity contribution is 5.35. The Bertz CT molecular complexity index is 848. The summed E-state index contributed by atoms with van der Waals surface area (Å²) < 4.78 is 27.5. The molecule has 1 fully saturated rings. The van der Waals surface area contributed by atoms with Crippen LogP contribution < -0.4 is 0 Å². The molecule has 1 nitrogen and oxygen atoms in total. The van der Waals surface area contributed by atoms with Crippen molar-refractivity contribution in [2.24, 2.45) is 11.8 Å². The van der Waals surface area contributed by atoms with Crippen LogP contribution in [0.1, 0.15) is 67.2 Å². The van der Waals surface area contributed by atoms with E-state index in [9.17, 15) is 8.78 Å². The van der Waals surface area contributed by atoms with Gasteiger partial charge in [0, 0.05) is 0 Å². The first-order valence-electron chi connectivity index (χ1n) is 11.2. The maximum absolute atomic E-state index is 13.7. The number of hydrogen-bond donors (Lipinski definition) is 0. The van der Waals surface area contributed by atoms with Gasteiger partial charge in [-0.05, 0) is 79.2 Å². The number of aryl methyl sites for hydroxylation is 3. The fraction of sp³-hybridized carbons (Fsp3) is 0.444. The summed E-state index contributed by atoms with van der Waals surface area (Å²) in [5.74, 6) is 0.192. The van der Waals surface area contributed by atoms with Crippen LogP contribution in [0.15, 0.2) is 49.1 Å². The van der Waals surface area contributed by atoms with Crippen LogP contribution >= 0.6 is 0 Å². The smallest absolute Gasteiger partial charge is 0.144 e. The molecule has 0 spiro atoms. The van der Waals surface area contributed by atoms with Crippen molar-refractivity contribution in [3.63, 3.8) is 0 Å². The summed E-state index contributed by atoms with van der Waals surface area (Å²) in [6, 6.07) is 12.7. The number of halogens is 2. The summed E-state index contributed by atoms with van der Waals surface area (Å²) in [5, 5.41) is 8.76. The molecule has 3 heteroatoms. The highest BCUT2D eigenvalue weighted by atomic mass is 19.1. The summed E-state index contributed by atoms with van der Waals surface area (Å²) in [6.07, 6.45) is 13.6. The number of rotatable bonds is 9. The number of nitriles is 1. The number of hydrogen-bond acceptors (Lipinski definition) is 1. The van der Waals surface area contributed by atoms with Crippen LogP contribution in [0.4, 0.5) is 8.78 Å². The van der Waals surface area contributed by atoms with Crippen LogP contribution in [0.3, 0.4) is 0 Å². The van der Waals surface area contributed by atoms with Crippen molar-refractivity contribution < 1.29 is 8.78 Å². The minimum absolute atomic E-state index is 0.506. The van der Waals surface area contributed by atoms with E-state index in [4.69, 9.17) is 5.26 Å². The third-order valence-corrected chi connectivity index (χ3v) is 6.53. The molecule has 2 aromatic rings. The zero-order valence-corrected chi connectivity index (χ0v) is 17.7. The van der Waals surface area contributed by atoms with Gasteiger partial charge in [-0.3, -0.25) is 0 Å². The van der Waals surface area contributed by atoms with Crippen molar-refractivity contribution in [3.8, 4) is 6.07 Å². The SMILES string of the molecule is C=CCCC1CCC(CCc2ccc(CCc3cc(F)c(C#N)c(F)c3)cc2)CC1. The van der Waals surface area contributed by atoms with Gasteiger partial charge in [0.05, 0.1) is 0 Å². The van der Waals surface area contributed by atoms with Gasteiger partial charge in [0.15, 0.2) is 0 Å². The standard InChI is InChI=1S/C27H31F2N/c1-2-3-4-20-5-7-21(8-6-20)9-10-22-11-13-23(14-12-22)15-16-24-17-26(28)25(19-30)27(29)18-24/h2,11-14,17-18,20-21H,1,3-10,15-16H2. The zero-order chi connectivity index (χ0) is 21.3. The topological polar surface area (TPSA) is 23.8 Å². The second-order valence-corrected chi connectivity index (χ2v) is 8.65. The van der Waals surface area contributed by atoms with Gasteiger partial charge in [0.2, 0.25) is 0 Å². The first-order valence-corrected chi connectivity index (χ1v) is 11.2. The fourth-order valence-electron chi connectivity index (χ4n) is 4.57.